The molecule has 1 aromatic heterocycles. The molecule has 13 nitrogen and oxygen atoms in total. The van der Waals surface area contributed by atoms with E-state index >= 15 is 4.79 Å². The number of carbonyl (C=O) groups is 2. The van der Waals surface area contributed by atoms with Crippen LogP contribution in [0.25, 0.3) is 10.9 Å². The molecule has 312 valence electrons. The number of para-hydroxylation sites is 1. The first-order valence-electron chi connectivity index (χ1n) is 21.2. The SMILES string of the molecule is CC[C@]1(O)CC2CN(CCc3c([nH]c4ccccc34)[C@@](C(=O)OC)(c3cc4c(cc3OC)N(C)[C@H]3C(O)(C(=O)NCNC)[C@H](O)[C@]5(CC)C=CCN6CCC43[C@@H]65)C2)C1. The van der Waals surface area contributed by atoms with Crippen LogP contribution in [0.3, 0.4) is 0 Å². The molecular formula is C45H60N6O7. The highest BCUT2D eigenvalue weighted by atomic mass is 16.5. The highest BCUT2D eigenvalue weighted by Gasteiger charge is 2.78. The zero-order valence-corrected chi connectivity index (χ0v) is 34.7. The lowest BCUT2D eigenvalue weighted by molar-refractivity contribution is -0.203. The molecule has 58 heavy (non-hydrogen) atoms. The smallest absolute Gasteiger partial charge is 0.322 e. The number of hydrogen-bond donors (Lipinski definition) is 6. The number of methoxy groups -OCH3 is 2. The Bertz CT molecular complexity index is 2180. The lowest BCUT2D eigenvalue weighted by Gasteiger charge is -2.63. The summed E-state index contributed by atoms with van der Waals surface area (Å²) in [6.45, 7) is 7.58. The van der Waals surface area contributed by atoms with E-state index in [1.807, 2.05) is 50.1 Å². The predicted octanol–water partition coefficient (Wildman–Crippen LogP) is 2.54. The second-order valence-electron chi connectivity index (χ2n) is 18.2. The highest BCUT2D eigenvalue weighted by molar-refractivity contribution is 5.95. The molecule has 1 spiro atoms. The molecule has 6 aliphatic rings. The summed E-state index contributed by atoms with van der Waals surface area (Å²) < 4.78 is 12.3. The fraction of sp³-hybridized carbons (Fsp3) is 0.600. The molecule has 2 bridgehead atoms. The van der Waals surface area contributed by atoms with Crippen LogP contribution < -0.4 is 20.3 Å². The number of nitrogens with one attached hydrogen (secondary N) is 3. The number of nitrogens with zero attached hydrogens (tertiary/aromatic N) is 3. The van der Waals surface area contributed by atoms with Crippen molar-refractivity contribution >= 4 is 28.5 Å². The fourth-order valence-corrected chi connectivity index (χ4v) is 13.3. The van der Waals surface area contributed by atoms with E-state index in [1.165, 1.54) is 7.11 Å². The van der Waals surface area contributed by atoms with Crippen LogP contribution in [0.1, 0.15) is 68.3 Å². The van der Waals surface area contributed by atoms with E-state index in [2.05, 4.69) is 49.7 Å². The van der Waals surface area contributed by atoms with Crippen molar-refractivity contribution in [3.05, 3.63) is 70.9 Å². The van der Waals surface area contributed by atoms with Gasteiger partial charge < -0.3 is 45.3 Å². The standard InChI is InChI=1S/C45H60N6O7/c1-7-41(55)22-27-23-44(40(54)58-6,35-29(14-18-50(24-27)25-41)28-12-9-10-13-32(28)48-35)31-20-30-33(21-34(31)57-5)49(4)37-43(30)16-19-51-17-11-15-42(8-2,36(43)51)38(52)45(37,56)39(53)47-26-46-3/h9-13,15,20-21,27,36-38,46,48,52,55-56H,7-8,14,16-19,22-26H2,1-6H3,(H,47,53)/t27?,36-,37+,38+,41-,42+,43?,44-,45?/m0/s1. The first kappa shape index (κ1) is 39.5. The Morgan fingerprint density at radius 2 is 1.83 bits per heavy atom. The molecule has 10 atom stereocenters. The van der Waals surface area contributed by atoms with Crippen molar-refractivity contribution < 1.29 is 34.4 Å². The Morgan fingerprint density at radius 1 is 1.03 bits per heavy atom. The van der Waals surface area contributed by atoms with Crippen LogP contribution in [-0.2, 0) is 31.6 Å². The molecule has 6 N–H and O–H groups in total. The van der Waals surface area contributed by atoms with Crippen molar-refractivity contribution in [3.8, 4) is 5.75 Å². The van der Waals surface area contributed by atoms with Gasteiger partial charge in [0.1, 0.15) is 17.3 Å². The van der Waals surface area contributed by atoms with E-state index in [9.17, 15) is 20.1 Å². The summed E-state index contributed by atoms with van der Waals surface area (Å²) in [5, 5.41) is 44.6. The molecule has 9 rings (SSSR count). The number of aromatic nitrogens is 1. The summed E-state index contributed by atoms with van der Waals surface area (Å²) in [6.07, 6.45) is 5.95. The average Bonchev–Trinajstić information content (AvgIpc) is 3.89. The summed E-state index contributed by atoms with van der Waals surface area (Å²) in [5.74, 6) is -0.649. The van der Waals surface area contributed by atoms with Gasteiger partial charge in [-0.1, -0.05) is 44.2 Å². The van der Waals surface area contributed by atoms with Crippen LogP contribution in [-0.4, -0.2) is 139 Å². The number of rotatable bonds is 8. The van der Waals surface area contributed by atoms with Gasteiger partial charge in [-0.3, -0.25) is 19.4 Å². The molecule has 2 saturated heterocycles. The van der Waals surface area contributed by atoms with Crippen molar-refractivity contribution in [3.63, 3.8) is 0 Å². The number of likely N-dealkylation sites (N-methyl/N-ethyl adjacent to an activating group) is 1. The number of ether oxygens (including phenoxy) is 2. The summed E-state index contributed by atoms with van der Waals surface area (Å²) in [6, 6.07) is 11.2. The maximum absolute atomic E-state index is 15.3. The topological polar surface area (TPSA) is 163 Å². The number of fused-ring (bicyclic) bond motifs is 6. The molecule has 3 aromatic rings. The van der Waals surface area contributed by atoms with Crippen LogP contribution >= 0.6 is 0 Å². The van der Waals surface area contributed by atoms with E-state index in [0.29, 0.717) is 69.5 Å². The monoisotopic (exact) mass is 796 g/mol. The van der Waals surface area contributed by atoms with E-state index < -0.39 is 51.5 Å². The lowest BCUT2D eigenvalue weighted by Crippen LogP contribution is -2.81. The van der Waals surface area contributed by atoms with E-state index in [-0.39, 0.29) is 18.6 Å². The van der Waals surface area contributed by atoms with E-state index in [1.54, 1.807) is 14.2 Å². The normalized spacial score (nSPS) is 37.5. The van der Waals surface area contributed by atoms with Crippen molar-refractivity contribution in [1.29, 1.82) is 0 Å². The minimum atomic E-state index is -2.22. The van der Waals surface area contributed by atoms with Crippen molar-refractivity contribution in [2.24, 2.45) is 11.3 Å². The average molecular weight is 797 g/mol. The summed E-state index contributed by atoms with van der Waals surface area (Å²) in [5.41, 5.74) is -1.25. The number of amides is 1. The Labute approximate surface area is 340 Å². The van der Waals surface area contributed by atoms with Crippen molar-refractivity contribution in [2.45, 2.75) is 92.6 Å². The third-order valence-electron chi connectivity index (χ3n) is 15.6. The van der Waals surface area contributed by atoms with Crippen LogP contribution in [0.15, 0.2) is 48.6 Å². The van der Waals surface area contributed by atoms with Crippen molar-refractivity contribution in [1.82, 2.24) is 25.4 Å². The number of hydrogen-bond acceptors (Lipinski definition) is 11. The van der Waals surface area contributed by atoms with Crippen LogP contribution in [0.4, 0.5) is 5.69 Å². The Kier molecular flexibility index (Phi) is 9.38. The zero-order valence-electron chi connectivity index (χ0n) is 34.7. The molecule has 1 amide bonds. The van der Waals surface area contributed by atoms with Gasteiger partial charge in [0.2, 0.25) is 0 Å². The fourth-order valence-electron chi connectivity index (χ4n) is 13.3. The van der Waals surface area contributed by atoms with E-state index in [4.69, 9.17) is 9.47 Å². The van der Waals surface area contributed by atoms with Gasteiger partial charge in [0.25, 0.3) is 5.91 Å². The summed E-state index contributed by atoms with van der Waals surface area (Å²) in [4.78, 5) is 40.3. The number of piperidine rings is 1. The highest BCUT2D eigenvalue weighted by Crippen LogP contribution is 2.67. The number of aromatic amines is 1. The lowest BCUT2D eigenvalue weighted by atomic mass is 9.47. The van der Waals surface area contributed by atoms with Crippen LogP contribution in [0, 0.1) is 11.3 Å². The number of anilines is 1. The molecule has 4 unspecified atom stereocenters. The first-order chi connectivity index (χ1) is 27.8. The first-order valence-corrected chi connectivity index (χ1v) is 21.2. The van der Waals surface area contributed by atoms with Crippen LogP contribution in [0.5, 0.6) is 5.75 Å². The maximum atomic E-state index is 15.3. The van der Waals surface area contributed by atoms with E-state index in [0.717, 1.165) is 46.5 Å². The Morgan fingerprint density at radius 3 is 2.55 bits per heavy atom. The van der Waals surface area contributed by atoms with Gasteiger partial charge >= 0.3 is 5.97 Å². The third kappa shape index (κ3) is 5.03. The van der Waals surface area contributed by atoms with Gasteiger partial charge in [0, 0.05) is 84.0 Å². The van der Waals surface area contributed by atoms with Gasteiger partial charge in [0.05, 0.1) is 32.5 Å². The predicted molar refractivity (Wildman–Crippen MR) is 221 cm³/mol. The number of H-pyrrole nitrogens is 1. The quantitative estimate of drug-likeness (QED) is 0.113. The molecule has 3 fully saturated rings. The van der Waals surface area contributed by atoms with Gasteiger partial charge in [-0.2, -0.15) is 0 Å². The van der Waals surface area contributed by atoms with Crippen LogP contribution in [0.2, 0.25) is 0 Å². The molecule has 2 aromatic carbocycles. The third-order valence-corrected chi connectivity index (χ3v) is 15.6. The van der Waals surface area contributed by atoms with Gasteiger partial charge in [-0.25, -0.2) is 0 Å². The van der Waals surface area contributed by atoms with Crippen molar-refractivity contribution in [2.75, 3.05) is 72.6 Å². The second-order valence-corrected chi connectivity index (χ2v) is 18.2. The molecule has 0 radical (unpaired) electrons. The van der Waals surface area contributed by atoms with Gasteiger partial charge in [-0.05, 0) is 81.3 Å². The Hall–Kier alpha value is -3.98. The molecule has 6 heterocycles. The second kappa shape index (κ2) is 13.8. The number of carbonyl (C=O) groups excluding carboxylic acids is 2. The molecule has 1 saturated carbocycles. The molecule has 13 heteroatoms. The number of aliphatic hydroxyl groups excluding tert-OH is 1. The number of aliphatic hydroxyl groups is 3. The molecular weight excluding hydrogens is 737 g/mol. The largest absolute Gasteiger partial charge is 0.496 e. The van der Waals surface area contributed by atoms with Gasteiger partial charge in [0.15, 0.2) is 5.60 Å². The minimum absolute atomic E-state index is 0.0781. The Balaban J connectivity index is 1.35. The zero-order chi connectivity index (χ0) is 41.0. The van der Waals surface area contributed by atoms with Gasteiger partial charge in [-0.15, -0.1) is 0 Å². The molecule has 5 aliphatic heterocycles. The number of esters is 1. The molecule has 1 aliphatic carbocycles. The summed E-state index contributed by atoms with van der Waals surface area (Å²) in [7, 11) is 6.68. The summed E-state index contributed by atoms with van der Waals surface area (Å²) >= 11 is 0. The number of benzene rings is 2. The minimum Gasteiger partial charge on any atom is -0.496 e. The maximum Gasteiger partial charge on any atom is 0.322 e.